The van der Waals surface area contributed by atoms with E-state index in [1.54, 1.807) is 6.07 Å². The van der Waals surface area contributed by atoms with Crippen molar-refractivity contribution in [3.8, 4) is 0 Å². The lowest BCUT2D eigenvalue weighted by molar-refractivity contribution is -0.122. The van der Waals surface area contributed by atoms with Crippen LogP contribution in [0.5, 0.6) is 0 Å². The van der Waals surface area contributed by atoms with E-state index in [2.05, 4.69) is 26.6 Å². The minimum atomic E-state index is -0.601. The monoisotopic (exact) mass is 344 g/mol. The predicted octanol–water partition coefficient (Wildman–Crippen LogP) is 2.62. The van der Waals surface area contributed by atoms with Crippen molar-refractivity contribution >= 4 is 27.7 Å². The summed E-state index contributed by atoms with van der Waals surface area (Å²) in [6.45, 7) is 5.79. The third-order valence-electron chi connectivity index (χ3n) is 2.33. The molecule has 6 heteroatoms. The minimum absolute atomic E-state index is 0.0376. The van der Waals surface area contributed by atoms with Crippen molar-refractivity contribution in [1.82, 2.24) is 10.6 Å². The van der Waals surface area contributed by atoms with Crippen LogP contribution in [0.15, 0.2) is 22.7 Å². The summed E-state index contributed by atoms with van der Waals surface area (Å²) in [5.74, 6) is -1.29. The van der Waals surface area contributed by atoms with Gasteiger partial charge < -0.3 is 10.6 Å². The number of hydrogen-bond donors (Lipinski definition) is 2. The van der Waals surface area contributed by atoms with Gasteiger partial charge in [0.1, 0.15) is 5.82 Å². The Bertz CT molecular complexity index is 512. The van der Waals surface area contributed by atoms with E-state index in [1.807, 2.05) is 20.8 Å². The quantitative estimate of drug-likeness (QED) is 0.881. The maximum Gasteiger partial charge on any atom is 0.254 e. The molecule has 0 fully saturated rings. The molecule has 0 heterocycles. The van der Waals surface area contributed by atoms with E-state index >= 15 is 0 Å². The molecular formula is C14H18BrFN2O2. The van der Waals surface area contributed by atoms with Gasteiger partial charge in [-0.3, -0.25) is 9.59 Å². The van der Waals surface area contributed by atoms with Crippen molar-refractivity contribution in [3.63, 3.8) is 0 Å². The van der Waals surface area contributed by atoms with Crippen LogP contribution in [0.4, 0.5) is 4.39 Å². The summed E-state index contributed by atoms with van der Waals surface area (Å²) in [5.41, 5.74) is -0.344. The van der Waals surface area contributed by atoms with Crippen LogP contribution in [0.3, 0.4) is 0 Å². The van der Waals surface area contributed by atoms with E-state index in [1.165, 1.54) is 12.1 Å². The molecule has 1 rings (SSSR count). The Labute approximate surface area is 126 Å². The fraction of sp³-hybridized carbons (Fsp3) is 0.429. The Morgan fingerprint density at radius 3 is 2.50 bits per heavy atom. The van der Waals surface area contributed by atoms with Crippen LogP contribution in [-0.2, 0) is 4.79 Å². The average Bonchev–Trinajstić information content (AvgIpc) is 2.25. The topological polar surface area (TPSA) is 58.2 Å². The number of rotatable bonds is 4. The van der Waals surface area contributed by atoms with Gasteiger partial charge in [0.05, 0.1) is 5.56 Å². The highest BCUT2D eigenvalue weighted by Gasteiger charge is 2.15. The lowest BCUT2D eigenvalue weighted by Gasteiger charge is -2.20. The summed E-state index contributed by atoms with van der Waals surface area (Å²) in [7, 11) is 0. The average molecular weight is 345 g/mol. The van der Waals surface area contributed by atoms with E-state index in [0.717, 1.165) is 0 Å². The van der Waals surface area contributed by atoms with Gasteiger partial charge in [0, 0.05) is 23.0 Å². The summed E-state index contributed by atoms with van der Waals surface area (Å²) in [6, 6.07) is 4.20. The molecule has 2 N–H and O–H groups in total. The molecule has 1 aromatic carbocycles. The van der Waals surface area contributed by atoms with E-state index < -0.39 is 11.7 Å². The third kappa shape index (κ3) is 5.69. The number of carbonyl (C=O) groups is 2. The van der Waals surface area contributed by atoms with Crippen LogP contribution in [0.2, 0.25) is 0 Å². The standard InChI is InChI=1S/C14H18BrFN2O2/c1-14(2,3)18-12(19)6-7-17-13(20)10-5-4-9(15)8-11(10)16/h4-5,8H,6-7H2,1-3H3,(H,17,20)(H,18,19). The van der Waals surface area contributed by atoms with Crippen molar-refractivity contribution in [3.05, 3.63) is 34.1 Å². The maximum absolute atomic E-state index is 13.5. The van der Waals surface area contributed by atoms with Gasteiger partial charge in [-0.25, -0.2) is 4.39 Å². The number of hydrogen-bond acceptors (Lipinski definition) is 2. The van der Waals surface area contributed by atoms with Crippen LogP contribution in [0.1, 0.15) is 37.6 Å². The van der Waals surface area contributed by atoms with Crippen molar-refractivity contribution in [2.75, 3.05) is 6.54 Å². The lowest BCUT2D eigenvalue weighted by atomic mass is 10.1. The Morgan fingerprint density at radius 2 is 1.95 bits per heavy atom. The Morgan fingerprint density at radius 1 is 1.30 bits per heavy atom. The lowest BCUT2D eigenvalue weighted by Crippen LogP contribution is -2.42. The fourth-order valence-electron chi connectivity index (χ4n) is 1.54. The number of benzene rings is 1. The number of amides is 2. The van der Waals surface area contributed by atoms with Gasteiger partial charge in [-0.05, 0) is 39.0 Å². The molecule has 0 bridgehead atoms. The molecule has 0 unspecified atom stereocenters. The van der Waals surface area contributed by atoms with Crippen molar-refractivity contribution in [2.24, 2.45) is 0 Å². The van der Waals surface area contributed by atoms with E-state index in [9.17, 15) is 14.0 Å². The van der Waals surface area contributed by atoms with E-state index in [0.29, 0.717) is 4.47 Å². The molecule has 0 spiro atoms. The number of nitrogens with one attached hydrogen (secondary N) is 2. The Balaban J connectivity index is 2.46. The molecule has 0 aliphatic heterocycles. The van der Waals surface area contributed by atoms with Crippen LogP contribution in [0.25, 0.3) is 0 Å². The van der Waals surface area contributed by atoms with Gasteiger partial charge in [0.15, 0.2) is 0 Å². The van der Waals surface area contributed by atoms with Gasteiger partial charge in [0.25, 0.3) is 5.91 Å². The molecule has 0 aromatic heterocycles. The molecule has 0 saturated heterocycles. The normalized spacial score (nSPS) is 11.1. The predicted molar refractivity (Wildman–Crippen MR) is 78.9 cm³/mol. The highest BCUT2D eigenvalue weighted by molar-refractivity contribution is 9.10. The first kappa shape index (κ1) is 16.6. The molecule has 1 aromatic rings. The molecule has 0 aliphatic rings. The summed E-state index contributed by atoms with van der Waals surface area (Å²) in [4.78, 5) is 23.3. The minimum Gasteiger partial charge on any atom is -0.351 e. The van der Waals surface area contributed by atoms with Crippen molar-refractivity contribution in [1.29, 1.82) is 0 Å². The summed E-state index contributed by atoms with van der Waals surface area (Å²) < 4.78 is 14.1. The second kappa shape index (κ2) is 6.83. The van der Waals surface area contributed by atoms with Gasteiger partial charge in [-0.1, -0.05) is 15.9 Å². The largest absolute Gasteiger partial charge is 0.351 e. The van der Waals surface area contributed by atoms with E-state index in [-0.39, 0.29) is 30.0 Å². The van der Waals surface area contributed by atoms with Crippen LogP contribution >= 0.6 is 15.9 Å². The van der Waals surface area contributed by atoms with Crippen molar-refractivity contribution < 1.29 is 14.0 Å². The fourth-order valence-corrected chi connectivity index (χ4v) is 1.87. The number of halogens is 2. The second-order valence-electron chi connectivity index (χ2n) is 5.43. The van der Waals surface area contributed by atoms with Gasteiger partial charge in [-0.2, -0.15) is 0 Å². The van der Waals surface area contributed by atoms with Gasteiger partial charge in [0.2, 0.25) is 5.91 Å². The summed E-state index contributed by atoms with van der Waals surface area (Å²) in [5, 5.41) is 5.30. The van der Waals surface area contributed by atoms with Crippen LogP contribution in [-0.4, -0.2) is 23.9 Å². The first-order valence-electron chi connectivity index (χ1n) is 6.23. The number of carbonyl (C=O) groups excluding carboxylic acids is 2. The zero-order valence-electron chi connectivity index (χ0n) is 11.7. The zero-order chi connectivity index (χ0) is 15.3. The van der Waals surface area contributed by atoms with Gasteiger partial charge >= 0.3 is 0 Å². The molecule has 0 atom stereocenters. The smallest absolute Gasteiger partial charge is 0.254 e. The molecular weight excluding hydrogens is 327 g/mol. The summed E-state index contributed by atoms with van der Waals surface area (Å²) in [6.07, 6.45) is 0.154. The van der Waals surface area contributed by atoms with Crippen LogP contribution in [0, 0.1) is 5.82 Å². The molecule has 0 saturated carbocycles. The SMILES string of the molecule is CC(C)(C)NC(=O)CCNC(=O)c1ccc(Br)cc1F. The first-order valence-corrected chi connectivity index (χ1v) is 7.02. The summed E-state index contributed by atoms with van der Waals surface area (Å²) >= 11 is 3.12. The highest BCUT2D eigenvalue weighted by atomic mass is 79.9. The molecule has 4 nitrogen and oxygen atoms in total. The Kier molecular flexibility index (Phi) is 5.68. The van der Waals surface area contributed by atoms with E-state index in [4.69, 9.17) is 0 Å². The molecule has 0 radical (unpaired) electrons. The first-order chi connectivity index (χ1) is 9.19. The molecule has 20 heavy (non-hydrogen) atoms. The van der Waals surface area contributed by atoms with Crippen LogP contribution < -0.4 is 10.6 Å². The maximum atomic E-state index is 13.5. The zero-order valence-corrected chi connectivity index (χ0v) is 13.3. The Hall–Kier alpha value is -1.43. The molecule has 2 amide bonds. The molecule has 110 valence electrons. The van der Waals surface area contributed by atoms with Crippen molar-refractivity contribution in [2.45, 2.75) is 32.7 Å². The molecule has 0 aliphatic carbocycles. The third-order valence-corrected chi connectivity index (χ3v) is 2.82. The second-order valence-corrected chi connectivity index (χ2v) is 6.34. The van der Waals surface area contributed by atoms with Gasteiger partial charge in [-0.15, -0.1) is 0 Å². The highest BCUT2D eigenvalue weighted by Crippen LogP contribution is 2.15.